The lowest BCUT2D eigenvalue weighted by atomic mass is 10.2. The van der Waals surface area contributed by atoms with E-state index in [1.165, 1.54) is 6.07 Å². The molecule has 0 aliphatic rings. The highest BCUT2D eigenvalue weighted by Gasteiger charge is 2.03. The number of nitrogens with one attached hydrogen (secondary N) is 1. The van der Waals surface area contributed by atoms with Crippen LogP contribution in [-0.4, -0.2) is 17.7 Å². The second-order valence-corrected chi connectivity index (χ2v) is 3.67. The van der Waals surface area contributed by atoms with Gasteiger partial charge in [-0.15, -0.1) is 6.58 Å². The number of hydrogen-bond acceptors (Lipinski definition) is 1. The smallest absolute Gasteiger partial charge is 0.132 e. The van der Waals surface area contributed by atoms with Gasteiger partial charge in [-0.05, 0) is 18.2 Å². The lowest BCUT2D eigenvalue weighted by Crippen LogP contribution is -2.19. The Bertz CT molecular complexity index is 488. The number of aromatic nitrogens is 1. The van der Waals surface area contributed by atoms with E-state index in [1.54, 1.807) is 6.07 Å². The number of benzene rings is 1. The van der Waals surface area contributed by atoms with Crippen LogP contribution in [0, 0.1) is 5.82 Å². The second-order valence-electron chi connectivity index (χ2n) is 3.67. The Kier molecular flexibility index (Phi) is 3.37. The Morgan fingerprint density at radius 1 is 1.38 bits per heavy atom. The van der Waals surface area contributed by atoms with E-state index in [4.69, 9.17) is 0 Å². The maximum absolute atomic E-state index is 13.4. The molecule has 2 aromatic rings. The van der Waals surface area contributed by atoms with Crippen LogP contribution >= 0.6 is 0 Å². The zero-order chi connectivity index (χ0) is 11.4. The normalized spacial score (nSPS) is 10.8. The standard InChI is InChI=1S/C13H15FN2/c1-2-7-15-8-10-16-9-6-11-12(14)4-3-5-13(11)16/h2-6,9,15H,1,7-8,10H2. The zero-order valence-corrected chi connectivity index (χ0v) is 9.12. The van der Waals surface area contributed by atoms with Gasteiger partial charge in [0, 0.05) is 31.2 Å². The third-order valence-corrected chi connectivity index (χ3v) is 2.58. The minimum atomic E-state index is -0.157. The summed E-state index contributed by atoms with van der Waals surface area (Å²) in [6.07, 6.45) is 3.75. The summed E-state index contributed by atoms with van der Waals surface area (Å²) in [5, 5.41) is 3.91. The van der Waals surface area contributed by atoms with Crippen molar-refractivity contribution in [3.8, 4) is 0 Å². The topological polar surface area (TPSA) is 17.0 Å². The van der Waals surface area contributed by atoms with E-state index in [0.29, 0.717) is 5.39 Å². The first-order chi connectivity index (χ1) is 7.83. The van der Waals surface area contributed by atoms with Gasteiger partial charge in [-0.2, -0.15) is 0 Å². The highest BCUT2D eigenvalue weighted by molar-refractivity contribution is 5.80. The lowest BCUT2D eigenvalue weighted by Gasteiger charge is -2.05. The van der Waals surface area contributed by atoms with Crippen LogP contribution in [0.3, 0.4) is 0 Å². The molecule has 2 rings (SSSR count). The van der Waals surface area contributed by atoms with Gasteiger partial charge in [0.15, 0.2) is 0 Å². The van der Waals surface area contributed by atoms with Crippen molar-refractivity contribution in [2.75, 3.05) is 13.1 Å². The molecule has 16 heavy (non-hydrogen) atoms. The minimum Gasteiger partial charge on any atom is -0.346 e. The van der Waals surface area contributed by atoms with Crippen LogP contribution in [-0.2, 0) is 6.54 Å². The summed E-state index contributed by atoms with van der Waals surface area (Å²) < 4.78 is 15.5. The monoisotopic (exact) mass is 218 g/mol. The zero-order valence-electron chi connectivity index (χ0n) is 9.12. The largest absolute Gasteiger partial charge is 0.346 e. The summed E-state index contributed by atoms with van der Waals surface area (Å²) in [5.74, 6) is -0.157. The molecule has 0 bridgehead atoms. The molecule has 0 amide bonds. The average molecular weight is 218 g/mol. The van der Waals surface area contributed by atoms with Crippen molar-refractivity contribution in [1.29, 1.82) is 0 Å². The summed E-state index contributed by atoms with van der Waals surface area (Å²) in [7, 11) is 0. The van der Waals surface area contributed by atoms with Crippen LogP contribution < -0.4 is 5.32 Å². The van der Waals surface area contributed by atoms with Crippen molar-refractivity contribution in [3.63, 3.8) is 0 Å². The Morgan fingerprint density at radius 3 is 3.06 bits per heavy atom. The number of fused-ring (bicyclic) bond motifs is 1. The van der Waals surface area contributed by atoms with E-state index >= 15 is 0 Å². The summed E-state index contributed by atoms with van der Waals surface area (Å²) in [6.45, 7) is 6.12. The van der Waals surface area contributed by atoms with Crippen molar-refractivity contribution in [1.82, 2.24) is 9.88 Å². The molecule has 0 atom stereocenters. The highest BCUT2D eigenvalue weighted by atomic mass is 19.1. The number of hydrogen-bond donors (Lipinski definition) is 1. The predicted molar refractivity (Wildman–Crippen MR) is 65.0 cm³/mol. The Labute approximate surface area is 94.4 Å². The van der Waals surface area contributed by atoms with Crippen LogP contribution in [0.25, 0.3) is 10.9 Å². The first kappa shape index (κ1) is 10.9. The van der Waals surface area contributed by atoms with Gasteiger partial charge in [-0.3, -0.25) is 0 Å². The van der Waals surface area contributed by atoms with Crippen molar-refractivity contribution < 1.29 is 4.39 Å². The van der Waals surface area contributed by atoms with E-state index in [-0.39, 0.29) is 5.82 Å². The van der Waals surface area contributed by atoms with Crippen molar-refractivity contribution >= 4 is 10.9 Å². The van der Waals surface area contributed by atoms with E-state index in [9.17, 15) is 4.39 Å². The summed E-state index contributed by atoms with van der Waals surface area (Å²) in [5.41, 5.74) is 0.945. The van der Waals surface area contributed by atoms with Crippen LogP contribution in [0.4, 0.5) is 4.39 Å². The van der Waals surface area contributed by atoms with Crippen molar-refractivity contribution in [3.05, 3.63) is 48.9 Å². The van der Waals surface area contributed by atoms with E-state index in [1.807, 2.05) is 24.4 Å². The van der Waals surface area contributed by atoms with E-state index < -0.39 is 0 Å². The molecule has 0 aliphatic carbocycles. The Morgan fingerprint density at radius 2 is 2.25 bits per heavy atom. The molecule has 0 unspecified atom stereocenters. The molecular weight excluding hydrogens is 203 g/mol. The van der Waals surface area contributed by atoms with Gasteiger partial charge in [0.05, 0.1) is 5.52 Å². The van der Waals surface area contributed by atoms with E-state index in [2.05, 4.69) is 16.5 Å². The molecule has 0 fully saturated rings. The third kappa shape index (κ3) is 2.14. The molecule has 0 radical (unpaired) electrons. The fraction of sp³-hybridized carbons (Fsp3) is 0.231. The van der Waals surface area contributed by atoms with Gasteiger partial charge < -0.3 is 9.88 Å². The van der Waals surface area contributed by atoms with Gasteiger partial charge in [-0.1, -0.05) is 12.1 Å². The highest BCUT2D eigenvalue weighted by Crippen LogP contribution is 2.18. The molecular formula is C13H15FN2. The first-order valence-corrected chi connectivity index (χ1v) is 5.38. The molecule has 3 heteroatoms. The third-order valence-electron chi connectivity index (χ3n) is 2.58. The van der Waals surface area contributed by atoms with Crippen LogP contribution in [0.5, 0.6) is 0 Å². The summed E-state index contributed by atoms with van der Waals surface area (Å²) in [6, 6.07) is 6.98. The van der Waals surface area contributed by atoms with Crippen molar-refractivity contribution in [2.45, 2.75) is 6.54 Å². The fourth-order valence-electron chi connectivity index (χ4n) is 1.78. The maximum Gasteiger partial charge on any atom is 0.132 e. The van der Waals surface area contributed by atoms with E-state index in [0.717, 1.165) is 25.2 Å². The number of nitrogens with zero attached hydrogens (tertiary/aromatic N) is 1. The van der Waals surface area contributed by atoms with Gasteiger partial charge in [0.25, 0.3) is 0 Å². The van der Waals surface area contributed by atoms with Crippen LogP contribution in [0.2, 0.25) is 0 Å². The second kappa shape index (κ2) is 4.94. The molecule has 1 aromatic heterocycles. The maximum atomic E-state index is 13.4. The average Bonchev–Trinajstić information content (AvgIpc) is 2.70. The molecule has 0 spiro atoms. The van der Waals surface area contributed by atoms with Gasteiger partial charge >= 0.3 is 0 Å². The molecule has 0 aliphatic heterocycles. The van der Waals surface area contributed by atoms with Crippen LogP contribution in [0.15, 0.2) is 43.1 Å². The fourth-order valence-corrected chi connectivity index (χ4v) is 1.78. The molecule has 1 aromatic carbocycles. The van der Waals surface area contributed by atoms with Crippen LogP contribution in [0.1, 0.15) is 0 Å². The SMILES string of the molecule is C=CCNCCn1ccc2c(F)cccc21. The summed E-state index contributed by atoms with van der Waals surface area (Å²) >= 11 is 0. The van der Waals surface area contributed by atoms with Gasteiger partial charge in [-0.25, -0.2) is 4.39 Å². The molecule has 2 nitrogen and oxygen atoms in total. The first-order valence-electron chi connectivity index (χ1n) is 5.38. The number of rotatable bonds is 5. The molecule has 0 saturated heterocycles. The predicted octanol–water partition coefficient (Wildman–Crippen LogP) is 2.56. The van der Waals surface area contributed by atoms with Gasteiger partial charge in [0.1, 0.15) is 5.82 Å². The summed E-state index contributed by atoms with van der Waals surface area (Å²) in [4.78, 5) is 0. The molecule has 1 N–H and O–H groups in total. The molecule has 84 valence electrons. The number of halogens is 1. The van der Waals surface area contributed by atoms with Gasteiger partial charge in [0.2, 0.25) is 0 Å². The quantitative estimate of drug-likeness (QED) is 0.603. The molecule has 1 heterocycles. The Hall–Kier alpha value is -1.61. The Balaban J connectivity index is 2.13. The molecule has 0 saturated carbocycles. The van der Waals surface area contributed by atoms with Crippen molar-refractivity contribution in [2.24, 2.45) is 0 Å². The minimum absolute atomic E-state index is 0.157. The lowest BCUT2D eigenvalue weighted by molar-refractivity contribution is 0.634.